The summed E-state index contributed by atoms with van der Waals surface area (Å²) in [6, 6.07) is 16.6. The Morgan fingerprint density at radius 1 is 1.00 bits per heavy atom. The third kappa shape index (κ3) is 4.69. The fraction of sp³-hybridized carbons (Fsp3) is 0.440. The highest BCUT2D eigenvalue weighted by atomic mass is 16.2. The van der Waals surface area contributed by atoms with Gasteiger partial charge in [0.25, 0.3) is 0 Å². The molecule has 2 amide bonds. The van der Waals surface area contributed by atoms with E-state index in [0.29, 0.717) is 12.3 Å². The zero-order chi connectivity index (χ0) is 20.4. The molecule has 4 nitrogen and oxygen atoms in total. The van der Waals surface area contributed by atoms with E-state index < -0.39 is 0 Å². The van der Waals surface area contributed by atoms with Crippen LogP contribution in [0.5, 0.6) is 0 Å². The molecular weight excluding hydrogens is 360 g/mol. The van der Waals surface area contributed by atoms with Gasteiger partial charge in [-0.2, -0.15) is 0 Å². The molecule has 1 aliphatic heterocycles. The van der Waals surface area contributed by atoms with Gasteiger partial charge in [-0.05, 0) is 68.2 Å². The Kier molecular flexibility index (Phi) is 5.70. The van der Waals surface area contributed by atoms with Crippen molar-refractivity contribution in [3.8, 4) is 0 Å². The molecule has 2 aliphatic rings. The van der Waals surface area contributed by atoms with Crippen LogP contribution in [0.15, 0.2) is 48.5 Å². The highest BCUT2D eigenvalue weighted by Gasteiger charge is 2.49. The number of piperidine rings is 1. The molecule has 152 valence electrons. The maximum atomic E-state index is 12.9. The monoisotopic (exact) mass is 390 g/mol. The molecule has 0 spiro atoms. The van der Waals surface area contributed by atoms with Crippen LogP contribution in [0.25, 0.3) is 0 Å². The number of hydrogen-bond donors (Lipinski definition) is 1. The summed E-state index contributed by atoms with van der Waals surface area (Å²) < 4.78 is 0. The van der Waals surface area contributed by atoms with Gasteiger partial charge in [-0.15, -0.1) is 0 Å². The summed E-state index contributed by atoms with van der Waals surface area (Å²) in [5.74, 6) is 0.486. The first kappa shape index (κ1) is 19.7. The van der Waals surface area contributed by atoms with E-state index in [1.165, 1.54) is 5.56 Å². The summed E-state index contributed by atoms with van der Waals surface area (Å²) in [6.45, 7) is 5.64. The number of anilines is 1. The first-order chi connectivity index (χ1) is 14.0. The number of nitrogens with one attached hydrogen (secondary N) is 1. The van der Waals surface area contributed by atoms with Gasteiger partial charge >= 0.3 is 0 Å². The fourth-order valence-corrected chi connectivity index (χ4v) is 4.39. The van der Waals surface area contributed by atoms with Crippen LogP contribution in [-0.4, -0.2) is 29.8 Å². The van der Waals surface area contributed by atoms with Gasteiger partial charge in [-0.25, -0.2) is 0 Å². The summed E-state index contributed by atoms with van der Waals surface area (Å²) in [5, 5.41) is 3.03. The number of benzene rings is 2. The van der Waals surface area contributed by atoms with Crippen LogP contribution in [0.4, 0.5) is 5.69 Å². The van der Waals surface area contributed by atoms with Gasteiger partial charge in [0.05, 0.1) is 11.8 Å². The predicted octanol–water partition coefficient (Wildman–Crippen LogP) is 4.36. The third-order valence-electron chi connectivity index (χ3n) is 6.39. The second kappa shape index (κ2) is 8.40. The molecule has 4 heteroatoms. The van der Waals surface area contributed by atoms with E-state index in [1.807, 2.05) is 43.0 Å². The van der Waals surface area contributed by atoms with Gasteiger partial charge < -0.3 is 10.2 Å². The van der Waals surface area contributed by atoms with E-state index in [9.17, 15) is 9.59 Å². The number of carbonyl (C=O) groups excluding carboxylic acids is 2. The average molecular weight is 391 g/mol. The molecule has 4 rings (SSSR count). The highest BCUT2D eigenvalue weighted by Crippen LogP contribution is 2.41. The minimum atomic E-state index is -0.176. The van der Waals surface area contributed by atoms with Gasteiger partial charge in [0.15, 0.2) is 0 Å². The van der Waals surface area contributed by atoms with Crippen LogP contribution in [0.2, 0.25) is 0 Å². The Bertz CT molecular complexity index is 885. The summed E-state index contributed by atoms with van der Waals surface area (Å²) in [5.41, 5.74) is 4.40. The highest BCUT2D eigenvalue weighted by molar-refractivity contribution is 6.00. The Morgan fingerprint density at radius 2 is 1.72 bits per heavy atom. The standard InChI is InChI=1S/C25H30N2O2/c1-17-8-9-18(2)23(14-17)26-24(28)21-16-22(21)25(29)27-12-10-20(11-13-27)15-19-6-4-3-5-7-19/h3-9,14,20-22H,10-13,15-16H2,1-2H3,(H,26,28). The summed E-state index contributed by atoms with van der Waals surface area (Å²) in [7, 11) is 0. The smallest absolute Gasteiger partial charge is 0.228 e. The molecule has 29 heavy (non-hydrogen) atoms. The molecule has 0 aromatic heterocycles. The number of carbonyl (C=O) groups is 2. The van der Waals surface area contributed by atoms with E-state index >= 15 is 0 Å². The second-order valence-electron chi connectivity index (χ2n) is 8.71. The van der Waals surface area contributed by atoms with Crippen LogP contribution >= 0.6 is 0 Å². The molecule has 2 aromatic rings. The Hall–Kier alpha value is -2.62. The maximum absolute atomic E-state index is 12.9. The predicted molar refractivity (Wildman–Crippen MR) is 116 cm³/mol. The van der Waals surface area contributed by atoms with Crippen molar-refractivity contribution in [2.45, 2.75) is 39.5 Å². The fourth-order valence-electron chi connectivity index (χ4n) is 4.39. The third-order valence-corrected chi connectivity index (χ3v) is 6.39. The summed E-state index contributed by atoms with van der Waals surface area (Å²) in [4.78, 5) is 27.5. The number of likely N-dealkylation sites (tertiary alicyclic amines) is 1. The van der Waals surface area contributed by atoms with Crippen LogP contribution in [-0.2, 0) is 16.0 Å². The first-order valence-electron chi connectivity index (χ1n) is 10.7. The molecule has 1 saturated heterocycles. The van der Waals surface area contributed by atoms with Gasteiger partial charge in [0.1, 0.15) is 0 Å². The average Bonchev–Trinajstić information content (AvgIpc) is 3.53. The Morgan fingerprint density at radius 3 is 2.45 bits per heavy atom. The van der Waals surface area contributed by atoms with Crippen molar-refractivity contribution in [1.29, 1.82) is 0 Å². The molecule has 2 atom stereocenters. The van der Waals surface area contributed by atoms with E-state index in [2.05, 4.69) is 29.6 Å². The minimum absolute atomic E-state index is 0.0176. The topological polar surface area (TPSA) is 49.4 Å². The molecule has 0 bridgehead atoms. The van der Waals surface area contributed by atoms with E-state index in [1.54, 1.807) is 0 Å². The van der Waals surface area contributed by atoms with Gasteiger partial charge in [0.2, 0.25) is 11.8 Å². The Labute approximate surface area is 173 Å². The van der Waals surface area contributed by atoms with Gasteiger partial charge in [0, 0.05) is 18.8 Å². The molecule has 2 fully saturated rings. The molecule has 1 heterocycles. The molecule has 1 N–H and O–H groups in total. The minimum Gasteiger partial charge on any atom is -0.342 e. The lowest BCUT2D eigenvalue weighted by molar-refractivity contribution is -0.135. The maximum Gasteiger partial charge on any atom is 0.228 e. The van der Waals surface area contributed by atoms with Crippen molar-refractivity contribution < 1.29 is 9.59 Å². The summed E-state index contributed by atoms with van der Waals surface area (Å²) >= 11 is 0. The van der Waals surface area contributed by atoms with Crippen molar-refractivity contribution in [1.82, 2.24) is 4.90 Å². The zero-order valence-corrected chi connectivity index (χ0v) is 17.4. The molecular formula is C25H30N2O2. The zero-order valence-electron chi connectivity index (χ0n) is 17.4. The quantitative estimate of drug-likeness (QED) is 0.825. The normalized spacial score (nSPS) is 21.7. The van der Waals surface area contributed by atoms with E-state index in [-0.39, 0.29) is 23.7 Å². The van der Waals surface area contributed by atoms with E-state index in [4.69, 9.17) is 0 Å². The van der Waals surface area contributed by atoms with Crippen molar-refractivity contribution in [2.75, 3.05) is 18.4 Å². The molecule has 2 aromatic carbocycles. The van der Waals surface area contributed by atoms with Crippen molar-refractivity contribution in [3.63, 3.8) is 0 Å². The van der Waals surface area contributed by atoms with Crippen LogP contribution < -0.4 is 5.32 Å². The van der Waals surface area contributed by atoms with Gasteiger partial charge in [-0.1, -0.05) is 42.5 Å². The summed E-state index contributed by atoms with van der Waals surface area (Å²) in [6.07, 6.45) is 3.87. The Balaban J connectivity index is 1.26. The molecule has 2 unspecified atom stereocenters. The van der Waals surface area contributed by atoms with Crippen molar-refractivity contribution in [2.24, 2.45) is 17.8 Å². The number of aryl methyl sites for hydroxylation is 2. The number of nitrogens with zero attached hydrogens (tertiary/aromatic N) is 1. The second-order valence-corrected chi connectivity index (χ2v) is 8.71. The van der Waals surface area contributed by atoms with Crippen LogP contribution in [0.3, 0.4) is 0 Å². The largest absolute Gasteiger partial charge is 0.342 e. The van der Waals surface area contributed by atoms with Crippen LogP contribution in [0.1, 0.15) is 36.0 Å². The van der Waals surface area contributed by atoms with Crippen LogP contribution in [0, 0.1) is 31.6 Å². The van der Waals surface area contributed by atoms with Crippen molar-refractivity contribution in [3.05, 3.63) is 65.2 Å². The molecule has 1 aliphatic carbocycles. The number of hydrogen-bond acceptors (Lipinski definition) is 2. The SMILES string of the molecule is Cc1ccc(C)c(NC(=O)C2CC2C(=O)N2CCC(Cc3ccccc3)CC2)c1. The van der Waals surface area contributed by atoms with Gasteiger partial charge in [-0.3, -0.25) is 9.59 Å². The lowest BCUT2D eigenvalue weighted by atomic mass is 9.90. The lowest BCUT2D eigenvalue weighted by Crippen LogP contribution is -2.40. The number of rotatable bonds is 5. The molecule has 1 saturated carbocycles. The lowest BCUT2D eigenvalue weighted by Gasteiger charge is -2.32. The van der Waals surface area contributed by atoms with Crippen molar-refractivity contribution >= 4 is 17.5 Å². The number of amides is 2. The first-order valence-corrected chi connectivity index (χ1v) is 10.7. The van der Waals surface area contributed by atoms with E-state index in [0.717, 1.165) is 49.2 Å². The molecule has 0 radical (unpaired) electrons.